The number of rotatable bonds is 21. The molecule has 2 saturated heterocycles. The van der Waals surface area contributed by atoms with Crippen LogP contribution in [-0.4, -0.2) is 112 Å². The van der Waals surface area contributed by atoms with Gasteiger partial charge < -0.3 is 39.8 Å². The number of thiazole rings is 1. The fraction of sp³-hybridized carbons (Fsp3) is 0.460. The summed E-state index contributed by atoms with van der Waals surface area (Å²) in [7, 11) is 0. The van der Waals surface area contributed by atoms with Gasteiger partial charge in [-0.05, 0) is 97.8 Å². The number of benzene rings is 3. The Labute approximate surface area is 414 Å². The molecule has 6 rings (SSSR count). The fourth-order valence-electron chi connectivity index (χ4n) is 8.01. The number of carbonyl (C=O) groups excluding carboxylic acids is 4. The van der Waals surface area contributed by atoms with Crippen molar-refractivity contribution < 1.29 is 51.7 Å². The van der Waals surface area contributed by atoms with Gasteiger partial charge in [0.2, 0.25) is 17.7 Å². The standard InChI is InChI=1S/C50H58F3N7O8S2/c1-48(2,3)43(45(64)58-29-37(61)24-40(58)44(63)56-26-32-9-13-34(14-10-32)41-27-55-31-70-41)57-42(62)30-67-21-8-20-66-19-6-7-22-68-38-17-11-33(12-18-38)28-59-47(69)60(46(65)49(59,4)5)36-16-15-35(25-54)39(23-36)50(51,52)53/h9-18,23,27,31,37,40,43,61H,6-8,19-22,24,26,28-30H2,1-5H3,(H,56,63)(H,57,62)/t37-,40+,43-/m1/s1. The number of aliphatic hydroxyl groups excluding tert-OH is 1. The van der Waals surface area contributed by atoms with Gasteiger partial charge in [-0.15, -0.1) is 11.3 Å². The number of likely N-dealkylation sites (tertiary alicyclic amines) is 1. The molecule has 0 aliphatic carbocycles. The molecule has 3 N–H and O–H groups in total. The van der Waals surface area contributed by atoms with Crippen LogP contribution in [-0.2, 0) is 47.9 Å². The predicted molar refractivity (Wildman–Crippen MR) is 260 cm³/mol. The molecule has 3 aromatic carbocycles. The molecule has 70 heavy (non-hydrogen) atoms. The first-order valence-electron chi connectivity index (χ1n) is 22.9. The van der Waals surface area contributed by atoms with Crippen molar-refractivity contribution >= 4 is 58.0 Å². The number of halogens is 3. The molecule has 0 unspecified atom stereocenters. The van der Waals surface area contributed by atoms with E-state index in [1.807, 2.05) is 57.2 Å². The number of ether oxygens (including phenoxy) is 3. The Morgan fingerprint density at radius 3 is 2.30 bits per heavy atom. The molecule has 2 fully saturated rings. The van der Waals surface area contributed by atoms with Gasteiger partial charge in [-0.2, -0.15) is 18.4 Å². The zero-order chi connectivity index (χ0) is 50.8. The number of nitrogens with zero attached hydrogens (tertiary/aromatic N) is 5. The van der Waals surface area contributed by atoms with Gasteiger partial charge in [0.1, 0.15) is 30.0 Å². The molecule has 374 valence electrons. The van der Waals surface area contributed by atoms with E-state index >= 15 is 0 Å². The molecule has 3 atom stereocenters. The number of unbranched alkanes of at least 4 members (excludes halogenated alkanes) is 1. The third-order valence-electron chi connectivity index (χ3n) is 12.0. The minimum atomic E-state index is -4.79. The highest BCUT2D eigenvalue weighted by molar-refractivity contribution is 7.80. The van der Waals surface area contributed by atoms with Crippen LogP contribution in [0, 0.1) is 16.7 Å². The first-order chi connectivity index (χ1) is 33.2. The van der Waals surface area contributed by atoms with Gasteiger partial charge in [0.25, 0.3) is 5.91 Å². The Morgan fingerprint density at radius 2 is 1.64 bits per heavy atom. The van der Waals surface area contributed by atoms with Gasteiger partial charge in [-0.3, -0.25) is 29.1 Å². The lowest BCUT2D eigenvalue weighted by Crippen LogP contribution is -2.58. The molecule has 1 aromatic heterocycles. The number of β-amino-alcohol motifs (C(OH)–C–C–N with tert-alkyl or cyclic N) is 1. The first kappa shape index (κ1) is 53.4. The van der Waals surface area contributed by atoms with Gasteiger partial charge in [-0.1, -0.05) is 57.2 Å². The van der Waals surface area contributed by atoms with E-state index in [0.717, 1.165) is 51.4 Å². The lowest BCUT2D eigenvalue weighted by Gasteiger charge is -2.35. The van der Waals surface area contributed by atoms with Gasteiger partial charge in [0.05, 0.1) is 46.0 Å². The molecular weight excluding hydrogens is 948 g/mol. The van der Waals surface area contributed by atoms with E-state index < -0.39 is 64.2 Å². The number of nitrogens with one attached hydrogen (secondary N) is 2. The second kappa shape index (κ2) is 23.3. The number of aliphatic hydroxyl groups is 1. The van der Waals surface area contributed by atoms with E-state index in [0.29, 0.717) is 32.0 Å². The van der Waals surface area contributed by atoms with Gasteiger partial charge in [0, 0.05) is 52.1 Å². The highest BCUT2D eigenvalue weighted by Gasteiger charge is 2.50. The number of nitriles is 1. The van der Waals surface area contributed by atoms with Crippen LogP contribution in [0.15, 0.2) is 78.4 Å². The highest BCUT2D eigenvalue weighted by Crippen LogP contribution is 2.38. The summed E-state index contributed by atoms with van der Waals surface area (Å²) < 4.78 is 58.3. The maximum absolute atomic E-state index is 13.9. The Kier molecular flexibility index (Phi) is 17.8. The quantitative estimate of drug-likeness (QED) is 0.0574. The maximum atomic E-state index is 13.9. The number of aromatic nitrogens is 1. The Morgan fingerprint density at radius 1 is 0.971 bits per heavy atom. The van der Waals surface area contributed by atoms with Crippen molar-refractivity contribution in [2.75, 3.05) is 44.5 Å². The number of hydrogen-bond acceptors (Lipinski definition) is 12. The number of hydrogen-bond donors (Lipinski definition) is 3. The summed E-state index contributed by atoms with van der Waals surface area (Å²) in [6, 6.07) is 17.7. The van der Waals surface area contributed by atoms with E-state index in [4.69, 9.17) is 26.4 Å². The van der Waals surface area contributed by atoms with Crippen LogP contribution in [0.1, 0.15) is 82.6 Å². The van der Waals surface area contributed by atoms with Gasteiger partial charge >= 0.3 is 6.18 Å². The van der Waals surface area contributed by atoms with Crippen LogP contribution in [0.5, 0.6) is 5.75 Å². The summed E-state index contributed by atoms with van der Waals surface area (Å²) in [5.41, 5.74) is 0.836. The van der Waals surface area contributed by atoms with E-state index in [1.54, 1.807) is 48.7 Å². The number of anilines is 1. The fourth-order valence-corrected chi connectivity index (χ4v) is 9.12. The lowest BCUT2D eigenvalue weighted by atomic mass is 9.85. The Bertz CT molecular complexity index is 2510. The Balaban J connectivity index is 0.851. The second-order valence-corrected chi connectivity index (χ2v) is 19.9. The minimum absolute atomic E-state index is 0.0308. The third kappa shape index (κ3) is 13.5. The molecule has 20 heteroatoms. The maximum Gasteiger partial charge on any atom is 0.417 e. The molecule has 15 nitrogen and oxygen atoms in total. The van der Waals surface area contributed by atoms with Crippen LogP contribution in [0.4, 0.5) is 18.9 Å². The zero-order valence-electron chi connectivity index (χ0n) is 39.7. The number of thiocarbonyl (C=S) groups is 1. The van der Waals surface area contributed by atoms with E-state index in [1.165, 1.54) is 22.3 Å². The minimum Gasteiger partial charge on any atom is -0.494 e. The average Bonchev–Trinajstić information content (AvgIpc) is 4.04. The summed E-state index contributed by atoms with van der Waals surface area (Å²) in [4.78, 5) is 63.0. The first-order valence-corrected chi connectivity index (χ1v) is 24.2. The second-order valence-electron chi connectivity index (χ2n) is 18.7. The van der Waals surface area contributed by atoms with Crippen molar-refractivity contribution in [1.29, 1.82) is 5.26 Å². The van der Waals surface area contributed by atoms with Crippen molar-refractivity contribution in [2.24, 2.45) is 5.41 Å². The third-order valence-corrected chi connectivity index (χ3v) is 13.2. The number of carbonyl (C=O) groups is 4. The molecule has 0 saturated carbocycles. The molecule has 0 bridgehead atoms. The lowest BCUT2D eigenvalue weighted by molar-refractivity contribution is -0.144. The van der Waals surface area contributed by atoms with E-state index in [2.05, 4.69) is 15.6 Å². The summed E-state index contributed by atoms with van der Waals surface area (Å²) >= 11 is 7.14. The largest absolute Gasteiger partial charge is 0.494 e. The van der Waals surface area contributed by atoms with Gasteiger partial charge in [-0.25, -0.2) is 0 Å². The molecule has 2 aliphatic heterocycles. The van der Waals surface area contributed by atoms with Crippen molar-refractivity contribution in [1.82, 2.24) is 25.4 Å². The van der Waals surface area contributed by atoms with Crippen LogP contribution in [0.25, 0.3) is 10.4 Å². The van der Waals surface area contributed by atoms with Crippen LogP contribution < -0.4 is 20.3 Å². The molecule has 0 radical (unpaired) electrons. The summed E-state index contributed by atoms with van der Waals surface area (Å²) in [5.74, 6) is -1.19. The zero-order valence-corrected chi connectivity index (χ0v) is 41.3. The highest BCUT2D eigenvalue weighted by atomic mass is 32.1. The van der Waals surface area contributed by atoms with Crippen LogP contribution in [0.3, 0.4) is 0 Å². The average molecular weight is 1010 g/mol. The molecule has 0 spiro atoms. The number of amides is 4. The molecule has 4 aromatic rings. The molecular formula is C50H58F3N7O8S2. The SMILES string of the molecule is CC(C)(C)[C@H](NC(=O)COCCCOCCCCOc1ccc(CN2C(=S)N(c3ccc(C#N)c(C(F)(F)F)c3)C(=O)C2(C)C)cc1)C(=O)N1C[C@H](O)C[C@H]1C(=O)NCc1ccc(-c2cncs2)cc1. The number of alkyl halides is 3. The van der Waals surface area contributed by atoms with Crippen molar-refractivity contribution in [2.45, 2.75) is 103 Å². The molecule has 2 aliphatic rings. The normalized spacial score (nSPS) is 17.4. The Hall–Kier alpha value is -5.98. The van der Waals surface area contributed by atoms with Crippen LogP contribution in [0.2, 0.25) is 0 Å². The van der Waals surface area contributed by atoms with E-state index in [-0.39, 0.29) is 56.0 Å². The monoisotopic (exact) mass is 1010 g/mol. The van der Waals surface area contributed by atoms with Crippen LogP contribution >= 0.6 is 23.6 Å². The van der Waals surface area contributed by atoms with E-state index in [9.17, 15) is 42.7 Å². The molecule has 4 amide bonds. The summed E-state index contributed by atoms with van der Waals surface area (Å²) in [5, 5.41) is 25.5. The predicted octanol–water partition coefficient (Wildman–Crippen LogP) is 7.00. The molecule has 3 heterocycles. The van der Waals surface area contributed by atoms with Gasteiger partial charge in [0.15, 0.2) is 5.11 Å². The topological polar surface area (TPSA) is 187 Å². The van der Waals surface area contributed by atoms with Crippen molar-refractivity contribution in [3.63, 3.8) is 0 Å². The summed E-state index contributed by atoms with van der Waals surface area (Å²) in [6.07, 6.45) is -1.81. The van der Waals surface area contributed by atoms with Crippen molar-refractivity contribution in [3.05, 3.63) is 101 Å². The smallest absolute Gasteiger partial charge is 0.417 e. The van der Waals surface area contributed by atoms with Crippen molar-refractivity contribution in [3.8, 4) is 22.3 Å². The summed E-state index contributed by atoms with van der Waals surface area (Å²) in [6.45, 7) is 10.5.